The van der Waals surface area contributed by atoms with Crippen LogP contribution in [0, 0.1) is 0 Å². The maximum Gasteiger partial charge on any atom is 0.258 e. The van der Waals surface area contributed by atoms with Gasteiger partial charge in [-0.15, -0.1) is 0 Å². The van der Waals surface area contributed by atoms with Crippen molar-refractivity contribution in [2.24, 2.45) is 0 Å². The second kappa shape index (κ2) is 7.02. The van der Waals surface area contributed by atoms with Gasteiger partial charge in [-0.1, -0.05) is 35.9 Å². The second-order valence-corrected chi connectivity index (χ2v) is 5.70. The highest BCUT2D eigenvalue weighted by Gasteiger charge is 2.27. The van der Waals surface area contributed by atoms with Crippen molar-refractivity contribution in [3.05, 3.63) is 58.6 Å². The first-order valence-corrected chi connectivity index (χ1v) is 7.99. The number of carbonyl (C=O) groups excluding carboxylic acids is 1. The van der Waals surface area contributed by atoms with Gasteiger partial charge in [0.15, 0.2) is 6.10 Å². The van der Waals surface area contributed by atoms with Crippen molar-refractivity contribution in [2.45, 2.75) is 19.4 Å². The van der Waals surface area contributed by atoms with Crippen LogP contribution in [0.1, 0.15) is 24.2 Å². The molecule has 3 rings (SSSR count). The lowest BCUT2D eigenvalue weighted by Crippen LogP contribution is -2.28. The Balaban J connectivity index is 1.83. The molecular formula is C18H18ClNO3. The second-order valence-electron chi connectivity index (χ2n) is 5.26. The molecule has 0 aliphatic carbocycles. The number of anilines is 1. The molecule has 1 heterocycles. The molecule has 1 atom stereocenters. The van der Waals surface area contributed by atoms with Gasteiger partial charge in [-0.05, 0) is 36.6 Å². The SMILES string of the molecule is CCOc1cc(Cl)ccc1NC(=O)C1OCCc2ccccc21. The zero-order valence-corrected chi connectivity index (χ0v) is 13.6. The van der Waals surface area contributed by atoms with E-state index in [-0.39, 0.29) is 5.91 Å². The molecule has 120 valence electrons. The molecule has 1 aliphatic rings. The maximum atomic E-state index is 12.6. The molecule has 1 aliphatic heterocycles. The molecule has 4 nitrogen and oxygen atoms in total. The van der Waals surface area contributed by atoms with Gasteiger partial charge in [0.25, 0.3) is 5.91 Å². The molecule has 1 amide bonds. The number of benzene rings is 2. The summed E-state index contributed by atoms with van der Waals surface area (Å²) in [6.07, 6.45) is 0.218. The molecule has 0 fully saturated rings. The summed E-state index contributed by atoms with van der Waals surface area (Å²) < 4.78 is 11.2. The van der Waals surface area contributed by atoms with Crippen molar-refractivity contribution >= 4 is 23.2 Å². The van der Waals surface area contributed by atoms with E-state index in [1.165, 1.54) is 0 Å². The Labute approximate surface area is 140 Å². The minimum Gasteiger partial charge on any atom is -0.492 e. The molecule has 0 radical (unpaired) electrons. The zero-order chi connectivity index (χ0) is 16.2. The van der Waals surface area contributed by atoms with Crippen LogP contribution in [-0.4, -0.2) is 19.1 Å². The van der Waals surface area contributed by atoms with Gasteiger partial charge >= 0.3 is 0 Å². The van der Waals surface area contributed by atoms with Crippen LogP contribution in [-0.2, 0) is 16.0 Å². The van der Waals surface area contributed by atoms with Crippen molar-refractivity contribution in [3.8, 4) is 5.75 Å². The van der Waals surface area contributed by atoms with E-state index in [0.29, 0.717) is 29.7 Å². The van der Waals surface area contributed by atoms with E-state index in [1.54, 1.807) is 18.2 Å². The van der Waals surface area contributed by atoms with Gasteiger partial charge in [0.1, 0.15) is 5.75 Å². The topological polar surface area (TPSA) is 47.6 Å². The summed E-state index contributed by atoms with van der Waals surface area (Å²) in [6.45, 7) is 2.91. The van der Waals surface area contributed by atoms with Crippen LogP contribution in [0.5, 0.6) is 5.75 Å². The van der Waals surface area contributed by atoms with E-state index in [4.69, 9.17) is 21.1 Å². The fraction of sp³-hybridized carbons (Fsp3) is 0.278. The predicted molar refractivity (Wildman–Crippen MR) is 90.1 cm³/mol. The van der Waals surface area contributed by atoms with Gasteiger partial charge in [-0.3, -0.25) is 4.79 Å². The average Bonchev–Trinajstić information content (AvgIpc) is 2.57. The smallest absolute Gasteiger partial charge is 0.258 e. The largest absolute Gasteiger partial charge is 0.492 e. The quantitative estimate of drug-likeness (QED) is 0.921. The van der Waals surface area contributed by atoms with Crippen molar-refractivity contribution < 1.29 is 14.3 Å². The molecule has 1 N–H and O–H groups in total. The van der Waals surface area contributed by atoms with Gasteiger partial charge < -0.3 is 14.8 Å². The van der Waals surface area contributed by atoms with Crippen LogP contribution >= 0.6 is 11.6 Å². The molecular weight excluding hydrogens is 314 g/mol. The van der Waals surface area contributed by atoms with Gasteiger partial charge in [0, 0.05) is 11.1 Å². The highest BCUT2D eigenvalue weighted by molar-refractivity contribution is 6.30. The van der Waals surface area contributed by atoms with Crippen LogP contribution in [0.15, 0.2) is 42.5 Å². The normalized spacial score (nSPS) is 16.5. The van der Waals surface area contributed by atoms with E-state index < -0.39 is 6.10 Å². The minimum atomic E-state index is -0.606. The van der Waals surface area contributed by atoms with Crippen molar-refractivity contribution in [3.63, 3.8) is 0 Å². The number of amides is 1. The number of carbonyl (C=O) groups is 1. The number of nitrogens with one attached hydrogen (secondary N) is 1. The van der Waals surface area contributed by atoms with Gasteiger partial charge in [0.2, 0.25) is 0 Å². The van der Waals surface area contributed by atoms with Gasteiger partial charge in [0.05, 0.1) is 18.9 Å². The summed E-state index contributed by atoms with van der Waals surface area (Å²) in [7, 11) is 0. The van der Waals surface area contributed by atoms with Crippen LogP contribution in [0.4, 0.5) is 5.69 Å². The number of halogens is 1. The number of ether oxygens (including phenoxy) is 2. The fourth-order valence-corrected chi connectivity index (χ4v) is 2.85. The molecule has 5 heteroatoms. The number of fused-ring (bicyclic) bond motifs is 1. The molecule has 0 spiro atoms. The highest BCUT2D eigenvalue weighted by Crippen LogP contribution is 2.32. The number of rotatable bonds is 4. The molecule has 23 heavy (non-hydrogen) atoms. The summed E-state index contributed by atoms with van der Waals surface area (Å²) >= 11 is 5.99. The number of hydrogen-bond acceptors (Lipinski definition) is 3. The van der Waals surface area contributed by atoms with Crippen molar-refractivity contribution in [1.82, 2.24) is 0 Å². The molecule has 0 bridgehead atoms. The summed E-state index contributed by atoms with van der Waals surface area (Å²) in [5.74, 6) is 0.345. The lowest BCUT2D eigenvalue weighted by molar-refractivity contribution is -0.128. The predicted octanol–water partition coefficient (Wildman–Crippen LogP) is 3.99. The van der Waals surface area contributed by atoms with Gasteiger partial charge in [-0.25, -0.2) is 0 Å². The zero-order valence-electron chi connectivity index (χ0n) is 12.8. The lowest BCUT2D eigenvalue weighted by Gasteiger charge is -2.25. The van der Waals surface area contributed by atoms with Crippen LogP contribution in [0.25, 0.3) is 0 Å². The highest BCUT2D eigenvalue weighted by atomic mass is 35.5. The van der Waals surface area contributed by atoms with E-state index in [0.717, 1.165) is 17.5 Å². The Kier molecular flexibility index (Phi) is 4.84. The monoisotopic (exact) mass is 331 g/mol. The summed E-state index contributed by atoms with van der Waals surface area (Å²) in [5.41, 5.74) is 2.66. The fourth-order valence-electron chi connectivity index (χ4n) is 2.68. The Hall–Kier alpha value is -2.04. The first kappa shape index (κ1) is 15.8. The van der Waals surface area contributed by atoms with E-state index in [9.17, 15) is 4.79 Å². The molecule has 0 aromatic heterocycles. The third-order valence-electron chi connectivity index (χ3n) is 3.73. The van der Waals surface area contributed by atoms with Gasteiger partial charge in [-0.2, -0.15) is 0 Å². The molecule has 1 unspecified atom stereocenters. The Morgan fingerprint density at radius 1 is 1.35 bits per heavy atom. The lowest BCUT2D eigenvalue weighted by atomic mass is 9.97. The summed E-state index contributed by atoms with van der Waals surface area (Å²) in [6, 6.07) is 13.0. The van der Waals surface area contributed by atoms with Crippen LogP contribution < -0.4 is 10.1 Å². The standard InChI is InChI=1S/C18H18ClNO3/c1-2-22-16-11-13(19)7-8-15(16)20-18(21)17-14-6-4-3-5-12(14)9-10-23-17/h3-8,11,17H,2,9-10H2,1H3,(H,20,21). The summed E-state index contributed by atoms with van der Waals surface area (Å²) in [5, 5.41) is 3.45. The molecule has 2 aromatic rings. The Morgan fingerprint density at radius 3 is 3.00 bits per heavy atom. The third-order valence-corrected chi connectivity index (χ3v) is 3.97. The Morgan fingerprint density at radius 2 is 2.17 bits per heavy atom. The van der Waals surface area contributed by atoms with Crippen LogP contribution in [0.3, 0.4) is 0 Å². The Bertz CT molecular complexity index is 717. The van der Waals surface area contributed by atoms with Crippen molar-refractivity contribution in [1.29, 1.82) is 0 Å². The van der Waals surface area contributed by atoms with E-state index in [2.05, 4.69) is 5.32 Å². The van der Waals surface area contributed by atoms with Crippen LogP contribution in [0.2, 0.25) is 5.02 Å². The van der Waals surface area contributed by atoms with E-state index >= 15 is 0 Å². The molecule has 2 aromatic carbocycles. The summed E-state index contributed by atoms with van der Waals surface area (Å²) in [4.78, 5) is 12.6. The minimum absolute atomic E-state index is 0.208. The average molecular weight is 332 g/mol. The van der Waals surface area contributed by atoms with Crippen molar-refractivity contribution in [2.75, 3.05) is 18.5 Å². The molecule has 0 saturated carbocycles. The number of hydrogen-bond donors (Lipinski definition) is 1. The first-order chi connectivity index (χ1) is 11.2. The first-order valence-electron chi connectivity index (χ1n) is 7.61. The van der Waals surface area contributed by atoms with E-state index in [1.807, 2.05) is 31.2 Å². The maximum absolute atomic E-state index is 12.6. The third kappa shape index (κ3) is 3.49. The molecule has 0 saturated heterocycles.